The molecular formula is C19H27NO4. The Balaban J connectivity index is 2.02. The van der Waals surface area contributed by atoms with Gasteiger partial charge in [0.15, 0.2) is 0 Å². The predicted octanol–water partition coefficient (Wildman–Crippen LogP) is 2.78. The zero-order valence-corrected chi connectivity index (χ0v) is 14.6. The van der Waals surface area contributed by atoms with Gasteiger partial charge in [-0.1, -0.05) is 37.3 Å². The van der Waals surface area contributed by atoms with Crippen molar-refractivity contribution in [2.75, 3.05) is 19.7 Å². The monoisotopic (exact) mass is 333 g/mol. The van der Waals surface area contributed by atoms with Gasteiger partial charge in [0.1, 0.15) is 6.10 Å². The van der Waals surface area contributed by atoms with Crippen LogP contribution in [0, 0.1) is 5.92 Å². The molecule has 0 bridgehead atoms. The molecule has 0 N–H and O–H groups in total. The molecule has 2 atom stereocenters. The lowest BCUT2D eigenvalue weighted by molar-refractivity contribution is -0.166. The number of rotatable bonds is 7. The second-order valence-electron chi connectivity index (χ2n) is 6.15. The van der Waals surface area contributed by atoms with Crippen LogP contribution in [0.5, 0.6) is 0 Å². The maximum atomic E-state index is 12.2. The van der Waals surface area contributed by atoms with Crippen LogP contribution in [-0.2, 0) is 25.6 Å². The summed E-state index contributed by atoms with van der Waals surface area (Å²) in [5.74, 6) is -0.859. The molecule has 0 unspecified atom stereocenters. The van der Waals surface area contributed by atoms with Crippen molar-refractivity contribution in [3.05, 3.63) is 35.9 Å². The number of likely N-dealkylation sites (tertiary alicyclic amines) is 1. The maximum absolute atomic E-state index is 12.2. The Hall–Kier alpha value is -1.88. The van der Waals surface area contributed by atoms with Gasteiger partial charge in [-0.05, 0) is 31.9 Å². The molecule has 5 heteroatoms. The van der Waals surface area contributed by atoms with E-state index in [4.69, 9.17) is 9.47 Å². The summed E-state index contributed by atoms with van der Waals surface area (Å²) in [6.45, 7) is 6.22. The SMILES string of the molecule is CCCC(=O)O[C@H]1CN(Cc2ccccc2)CC[C@H]1C(=O)OCC. The molecule has 1 fully saturated rings. The van der Waals surface area contributed by atoms with Crippen LogP contribution in [-0.4, -0.2) is 42.6 Å². The van der Waals surface area contributed by atoms with E-state index in [9.17, 15) is 9.59 Å². The summed E-state index contributed by atoms with van der Waals surface area (Å²) in [7, 11) is 0. The van der Waals surface area contributed by atoms with E-state index < -0.39 is 6.10 Å². The number of carbonyl (C=O) groups excluding carboxylic acids is 2. The minimum absolute atomic E-state index is 0.238. The van der Waals surface area contributed by atoms with Gasteiger partial charge < -0.3 is 9.47 Å². The van der Waals surface area contributed by atoms with Crippen molar-refractivity contribution in [3.8, 4) is 0 Å². The fraction of sp³-hybridized carbons (Fsp3) is 0.579. The second-order valence-corrected chi connectivity index (χ2v) is 6.15. The normalized spacial score (nSPS) is 21.2. The lowest BCUT2D eigenvalue weighted by atomic mass is 9.93. The first-order valence-corrected chi connectivity index (χ1v) is 8.76. The molecule has 1 aliphatic rings. The van der Waals surface area contributed by atoms with Crippen molar-refractivity contribution in [3.63, 3.8) is 0 Å². The molecule has 1 saturated heterocycles. The summed E-state index contributed by atoms with van der Waals surface area (Å²) >= 11 is 0. The Morgan fingerprint density at radius 3 is 2.62 bits per heavy atom. The van der Waals surface area contributed by atoms with E-state index in [1.165, 1.54) is 5.56 Å². The van der Waals surface area contributed by atoms with Crippen molar-refractivity contribution in [2.45, 2.75) is 45.8 Å². The van der Waals surface area contributed by atoms with Crippen LogP contribution in [0.15, 0.2) is 30.3 Å². The molecule has 2 rings (SSSR count). The third-order valence-electron chi connectivity index (χ3n) is 4.22. The highest BCUT2D eigenvalue weighted by atomic mass is 16.6. The van der Waals surface area contributed by atoms with Crippen molar-refractivity contribution in [1.82, 2.24) is 4.90 Å². The van der Waals surface area contributed by atoms with Crippen LogP contribution >= 0.6 is 0 Å². The molecule has 1 aliphatic heterocycles. The van der Waals surface area contributed by atoms with Crippen molar-refractivity contribution >= 4 is 11.9 Å². The molecule has 0 aromatic heterocycles. The lowest BCUT2D eigenvalue weighted by Gasteiger charge is -2.36. The summed E-state index contributed by atoms with van der Waals surface area (Å²) in [6.07, 6.45) is 1.34. The summed E-state index contributed by atoms with van der Waals surface area (Å²) in [4.78, 5) is 26.3. The van der Waals surface area contributed by atoms with Crippen LogP contribution in [0.2, 0.25) is 0 Å². The number of benzene rings is 1. The standard InChI is InChI=1S/C19H27NO4/c1-3-8-18(21)24-17-14-20(13-15-9-6-5-7-10-15)12-11-16(17)19(22)23-4-2/h5-7,9-10,16-17H,3-4,8,11-14H2,1-2H3/t16-,17+/m1/s1. The quantitative estimate of drug-likeness (QED) is 0.718. The van der Waals surface area contributed by atoms with Crippen LogP contribution in [0.1, 0.15) is 38.7 Å². The van der Waals surface area contributed by atoms with Crippen molar-refractivity contribution < 1.29 is 19.1 Å². The van der Waals surface area contributed by atoms with Gasteiger partial charge in [0.2, 0.25) is 0 Å². The molecule has 0 amide bonds. The second kappa shape index (κ2) is 9.42. The number of hydrogen-bond donors (Lipinski definition) is 0. The molecular weight excluding hydrogens is 306 g/mol. The Labute approximate surface area is 143 Å². The number of piperidine rings is 1. The van der Waals surface area contributed by atoms with Gasteiger partial charge in [-0.2, -0.15) is 0 Å². The van der Waals surface area contributed by atoms with E-state index in [0.29, 0.717) is 26.0 Å². The Bertz CT molecular complexity index is 531. The molecule has 132 valence electrons. The largest absolute Gasteiger partial charge is 0.466 e. The van der Waals surface area contributed by atoms with Gasteiger partial charge in [-0.3, -0.25) is 14.5 Å². The maximum Gasteiger partial charge on any atom is 0.312 e. The van der Waals surface area contributed by atoms with E-state index in [0.717, 1.165) is 19.5 Å². The van der Waals surface area contributed by atoms with Gasteiger partial charge >= 0.3 is 11.9 Å². The highest BCUT2D eigenvalue weighted by Crippen LogP contribution is 2.24. The smallest absolute Gasteiger partial charge is 0.312 e. The minimum Gasteiger partial charge on any atom is -0.466 e. The van der Waals surface area contributed by atoms with Crippen LogP contribution in [0.25, 0.3) is 0 Å². The van der Waals surface area contributed by atoms with Crippen LogP contribution in [0.3, 0.4) is 0 Å². The fourth-order valence-electron chi connectivity index (χ4n) is 3.04. The minimum atomic E-state index is -0.430. The van der Waals surface area contributed by atoms with Gasteiger partial charge in [0.25, 0.3) is 0 Å². The lowest BCUT2D eigenvalue weighted by Crippen LogP contribution is -2.48. The van der Waals surface area contributed by atoms with E-state index >= 15 is 0 Å². The van der Waals surface area contributed by atoms with E-state index in [2.05, 4.69) is 17.0 Å². The topological polar surface area (TPSA) is 55.8 Å². The zero-order valence-electron chi connectivity index (χ0n) is 14.6. The average molecular weight is 333 g/mol. The number of hydrogen-bond acceptors (Lipinski definition) is 5. The zero-order chi connectivity index (χ0) is 17.4. The molecule has 24 heavy (non-hydrogen) atoms. The fourth-order valence-corrected chi connectivity index (χ4v) is 3.04. The number of esters is 2. The Morgan fingerprint density at radius 1 is 1.21 bits per heavy atom. The Morgan fingerprint density at radius 2 is 1.96 bits per heavy atom. The summed E-state index contributed by atoms with van der Waals surface area (Å²) in [6, 6.07) is 10.2. The van der Waals surface area contributed by atoms with E-state index in [1.807, 2.05) is 25.1 Å². The summed E-state index contributed by atoms with van der Waals surface area (Å²) in [5.41, 5.74) is 1.21. The Kier molecular flexibility index (Phi) is 7.25. The van der Waals surface area contributed by atoms with E-state index in [1.54, 1.807) is 6.92 Å². The third-order valence-corrected chi connectivity index (χ3v) is 4.22. The van der Waals surface area contributed by atoms with Crippen molar-refractivity contribution in [2.24, 2.45) is 5.92 Å². The highest BCUT2D eigenvalue weighted by molar-refractivity contribution is 5.75. The first-order chi connectivity index (χ1) is 11.6. The summed E-state index contributed by atoms with van der Waals surface area (Å²) < 4.78 is 10.8. The first kappa shape index (κ1) is 18.5. The average Bonchev–Trinajstić information content (AvgIpc) is 2.56. The van der Waals surface area contributed by atoms with Gasteiger partial charge in [-0.15, -0.1) is 0 Å². The van der Waals surface area contributed by atoms with E-state index in [-0.39, 0.29) is 17.9 Å². The highest BCUT2D eigenvalue weighted by Gasteiger charge is 2.37. The van der Waals surface area contributed by atoms with Crippen molar-refractivity contribution in [1.29, 1.82) is 0 Å². The van der Waals surface area contributed by atoms with Crippen LogP contribution < -0.4 is 0 Å². The van der Waals surface area contributed by atoms with Crippen LogP contribution in [0.4, 0.5) is 0 Å². The van der Waals surface area contributed by atoms with Gasteiger partial charge in [-0.25, -0.2) is 0 Å². The van der Waals surface area contributed by atoms with Gasteiger partial charge in [0.05, 0.1) is 12.5 Å². The summed E-state index contributed by atoms with van der Waals surface area (Å²) in [5, 5.41) is 0. The number of carbonyl (C=O) groups is 2. The van der Waals surface area contributed by atoms with Gasteiger partial charge in [0, 0.05) is 19.5 Å². The predicted molar refractivity (Wildman–Crippen MR) is 91.2 cm³/mol. The molecule has 0 saturated carbocycles. The molecule has 0 spiro atoms. The molecule has 1 aromatic rings. The first-order valence-electron chi connectivity index (χ1n) is 8.76. The molecule has 1 heterocycles. The molecule has 5 nitrogen and oxygen atoms in total. The third kappa shape index (κ3) is 5.34. The molecule has 0 radical (unpaired) electrons. The molecule has 1 aromatic carbocycles. The number of nitrogens with zero attached hydrogens (tertiary/aromatic N) is 1. The number of ether oxygens (including phenoxy) is 2. The molecule has 0 aliphatic carbocycles.